The lowest BCUT2D eigenvalue weighted by atomic mass is 10.1. The first kappa shape index (κ1) is 20.2. The molecule has 0 atom stereocenters. The number of methoxy groups -OCH3 is 1. The Morgan fingerprint density at radius 3 is 2.30 bits per heavy atom. The van der Waals surface area contributed by atoms with Gasteiger partial charge in [-0.05, 0) is 36.8 Å². The smallest absolute Gasteiger partial charge is 0.416 e. The maximum Gasteiger partial charge on any atom is 0.416 e. The topological polar surface area (TPSA) is 79.7 Å². The summed E-state index contributed by atoms with van der Waals surface area (Å²) >= 11 is 0. The number of halogens is 3. The zero-order valence-electron chi connectivity index (χ0n) is 14.6. The lowest BCUT2D eigenvalue weighted by Gasteiger charge is -2.22. The van der Waals surface area contributed by atoms with Gasteiger partial charge in [0.15, 0.2) is 0 Å². The standard InChI is InChI=1S/C18H17F3N2O4/c1-11-3-8-14(16(22-11)27-2)17(26)23(10-15(24)25)9-12-4-6-13(7-5-12)18(19,20)21/h3-8H,9-10H2,1-2H3,(H,24,25). The molecule has 0 aliphatic rings. The number of amides is 1. The average molecular weight is 382 g/mol. The molecule has 27 heavy (non-hydrogen) atoms. The second-order valence-electron chi connectivity index (χ2n) is 5.76. The highest BCUT2D eigenvalue weighted by Crippen LogP contribution is 2.29. The van der Waals surface area contributed by atoms with E-state index in [4.69, 9.17) is 9.84 Å². The number of carboxylic acids is 1. The molecular weight excluding hydrogens is 365 g/mol. The van der Waals surface area contributed by atoms with Gasteiger partial charge in [0, 0.05) is 12.2 Å². The Bertz CT molecular complexity index is 835. The van der Waals surface area contributed by atoms with Gasteiger partial charge in [0.25, 0.3) is 5.91 Å². The van der Waals surface area contributed by atoms with E-state index < -0.39 is 30.2 Å². The Morgan fingerprint density at radius 1 is 1.15 bits per heavy atom. The number of aromatic nitrogens is 1. The summed E-state index contributed by atoms with van der Waals surface area (Å²) in [5.41, 5.74) is 0.204. The van der Waals surface area contributed by atoms with Crippen LogP contribution in [0.3, 0.4) is 0 Å². The summed E-state index contributed by atoms with van der Waals surface area (Å²) < 4.78 is 43.0. The Hall–Kier alpha value is -3.10. The third-order valence-corrected chi connectivity index (χ3v) is 3.69. The van der Waals surface area contributed by atoms with Crippen LogP contribution in [0.4, 0.5) is 13.2 Å². The Balaban J connectivity index is 2.30. The monoisotopic (exact) mass is 382 g/mol. The quantitative estimate of drug-likeness (QED) is 0.830. The predicted molar refractivity (Wildman–Crippen MR) is 89.3 cm³/mol. The normalized spacial score (nSPS) is 11.1. The van der Waals surface area contributed by atoms with Crippen molar-refractivity contribution in [1.82, 2.24) is 9.88 Å². The lowest BCUT2D eigenvalue weighted by molar-refractivity contribution is -0.138. The number of hydrogen-bond donors (Lipinski definition) is 1. The molecular formula is C18H17F3N2O4. The summed E-state index contributed by atoms with van der Waals surface area (Å²) in [6.45, 7) is 0.894. The molecule has 1 heterocycles. The molecule has 0 unspecified atom stereocenters. The number of carbonyl (C=O) groups is 2. The fourth-order valence-electron chi connectivity index (χ4n) is 2.40. The number of hydrogen-bond acceptors (Lipinski definition) is 4. The Labute approximate surface area is 153 Å². The average Bonchev–Trinajstić information content (AvgIpc) is 2.59. The minimum atomic E-state index is -4.48. The largest absolute Gasteiger partial charge is 0.480 e. The molecule has 0 bridgehead atoms. The van der Waals surface area contributed by atoms with Gasteiger partial charge in [-0.2, -0.15) is 13.2 Å². The van der Waals surface area contributed by atoms with E-state index in [-0.39, 0.29) is 18.0 Å². The number of alkyl halides is 3. The Morgan fingerprint density at radius 2 is 1.78 bits per heavy atom. The van der Waals surface area contributed by atoms with Crippen LogP contribution in [0.15, 0.2) is 36.4 Å². The number of carboxylic acid groups (broad SMARTS) is 1. The fraction of sp³-hybridized carbons (Fsp3) is 0.278. The van der Waals surface area contributed by atoms with Crippen LogP contribution in [0.5, 0.6) is 5.88 Å². The molecule has 0 aliphatic heterocycles. The highest BCUT2D eigenvalue weighted by Gasteiger charge is 2.30. The molecule has 1 N–H and O–H groups in total. The summed E-state index contributed by atoms with van der Waals surface area (Å²) in [7, 11) is 1.33. The number of carbonyl (C=O) groups excluding carboxylic acids is 1. The second kappa shape index (κ2) is 8.07. The van der Waals surface area contributed by atoms with Crippen LogP contribution >= 0.6 is 0 Å². The van der Waals surface area contributed by atoms with Crippen molar-refractivity contribution in [1.29, 1.82) is 0 Å². The maximum atomic E-state index is 12.8. The molecule has 0 aliphatic carbocycles. The summed E-state index contributed by atoms with van der Waals surface area (Å²) in [4.78, 5) is 29.0. The van der Waals surface area contributed by atoms with Gasteiger partial charge in [-0.25, -0.2) is 4.98 Å². The number of benzene rings is 1. The minimum Gasteiger partial charge on any atom is -0.480 e. The molecule has 144 valence electrons. The van der Waals surface area contributed by atoms with Gasteiger partial charge in [0.1, 0.15) is 12.1 Å². The first-order valence-electron chi connectivity index (χ1n) is 7.80. The van der Waals surface area contributed by atoms with E-state index in [9.17, 15) is 22.8 Å². The first-order chi connectivity index (χ1) is 12.6. The predicted octanol–water partition coefficient (Wildman–Crippen LogP) is 3.14. The third-order valence-electron chi connectivity index (χ3n) is 3.69. The summed E-state index contributed by atoms with van der Waals surface area (Å²) in [5, 5.41) is 9.09. The summed E-state index contributed by atoms with van der Waals surface area (Å²) in [6, 6.07) is 7.21. The zero-order valence-corrected chi connectivity index (χ0v) is 14.6. The molecule has 1 amide bonds. The van der Waals surface area contributed by atoms with Crippen molar-refractivity contribution in [2.24, 2.45) is 0 Å². The van der Waals surface area contributed by atoms with Crippen molar-refractivity contribution >= 4 is 11.9 Å². The number of rotatable bonds is 6. The van der Waals surface area contributed by atoms with E-state index in [1.165, 1.54) is 25.3 Å². The first-order valence-corrected chi connectivity index (χ1v) is 7.80. The van der Waals surface area contributed by atoms with Gasteiger partial charge in [-0.15, -0.1) is 0 Å². The van der Waals surface area contributed by atoms with Gasteiger partial charge in [-0.3, -0.25) is 9.59 Å². The van der Waals surface area contributed by atoms with E-state index in [1.54, 1.807) is 13.0 Å². The van der Waals surface area contributed by atoms with Crippen molar-refractivity contribution in [3.63, 3.8) is 0 Å². The highest BCUT2D eigenvalue weighted by atomic mass is 19.4. The highest BCUT2D eigenvalue weighted by molar-refractivity contribution is 5.97. The van der Waals surface area contributed by atoms with Crippen LogP contribution in [0.2, 0.25) is 0 Å². The van der Waals surface area contributed by atoms with Gasteiger partial charge >= 0.3 is 12.1 Å². The van der Waals surface area contributed by atoms with Crippen LogP contribution < -0.4 is 4.74 Å². The van der Waals surface area contributed by atoms with Gasteiger partial charge in [-0.1, -0.05) is 12.1 Å². The molecule has 1 aromatic carbocycles. The number of pyridine rings is 1. The van der Waals surface area contributed by atoms with E-state index in [0.717, 1.165) is 17.0 Å². The molecule has 0 saturated heterocycles. The molecule has 2 aromatic rings. The SMILES string of the molecule is COc1nc(C)ccc1C(=O)N(CC(=O)O)Cc1ccc(C(F)(F)F)cc1. The van der Waals surface area contributed by atoms with Crippen LogP contribution in [-0.4, -0.2) is 40.5 Å². The molecule has 0 spiro atoms. The molecule has 0 saturated carbocycles. The number of nitrogens with zero attached hydrogens (tertiary/aromatic N) is 2. The van der Waals surface area contributed by atoms with Crippen LogP contribution in [-0.2, 0) is 17.5 Å². The van der Waals surface area contributed by atoms with Crippen LogP contribution in [0.1, 0.15) is 27.2 Å². The number of ether oxygens (including phenoxy) is 1. The summed E-state index contributed by atoms with van der Waals surface area (Å²) in [5.74, 6) is -1.86. The zero-order chi connectivity index (χ0) is 20.2. The van der Waals surface area contributed by atoms with E-state index in [1.807, 2.05) is 0 Å². The van der Waals surface area contributed by atoms with E-state index in [2.05, 4.69) is 4.98 Å². The van der Waals surface area contributed by atoms with Crippen molar-refractivity contribution in [2.45, 2.75) is 19.6 Å². The third kappa shape index (κ3) is 5.19. The van der Waals surface area contributed by atoms with Gasteiger partial charge in [0.2, 0.25) is 5.88 Å². The fourth-order valence-corrected chi connectivity index (χ4v) is 2.40. The van der Waals surface area contributed by atoms with Crippen molar-refractivity contribution in [3.8, 4) is 5.88 Å². The van der Waals surface area contributed by atoms with Crippen molar-refractivity contribution in [2.75, 3.05) is 13.7 Å². The van der Waals surface area contributed by atoms with Gasteiger partial charge in [0.05, 0.1) is 12.7 Å². The van der Waals surface area contributed by atoms with Crippen LogP contribution in [0, 0.1) is 6.92 Å². The van der Waals surface area contributed by atoms with E-state index in [0.29, 0.717) is 11.3 Å². The van der Waals surface area contributed by atoms with Crippen LogP contribution in [0.25, 0.3) is 0 Å². The van der Waals surface area contributed by atoms with Crippen molar-refractivity contribution in [3.05, 3.63) is 58.8 Å². The minimum absolute atomic E-state index is 0.0443. The van der Waals surface area contributed by atoms with Crippen molar-refractivity contribution < 1.29 is 32.6 Å². The molecule has 6 nitrogen and oxygen atoms in total. The molecule has 0 radical (unpaired) electrons. The molecule has 9 heteroatoms. The molecule has 1 aromatic heterocycles. The van der Waals surface area contributed by atoms with Gasteiger partial charge < -0.3 is 14.7 Å². The number of aryl methyl sites for hydroxylation is 1. The lowest BCUT2D eigenvalue weighted by Crippen LogP contribution is -2.35. The van der Waals surface area contributed by atoms with E-state index >= 15 is 0 Å². The number of aliphatic carboxylic acids is 1. The summed E-state index contributed by atoms with van der Waals surface area (Å²) in [6.07, 6.45) is -4.48. The molecule has 2 rings (SSSR count). The Kier molecular flexibility index (Phi) is 6.04. The second-order valence-corrected chi connectivity index (χ2v) is 5.76. The maximum absolute atomic E-state index is 12.8. The molecule has 0 fully saturated rings.